The molecule has 2 nitrogen and oxygen atoms in total. The third kappa shape index (κ3) is 1.38. The zero-order chi connectivity index (χ0) is 14.2. The second-order valence-electron chi connectivity index (χ2n) is 4.98. The maximum Gasteiger partial charge on any atom is 0.205 e. The lowest BCUT2D eigenvalue weighted by molar-refractivity contribution is 0.0987. The van der Waals surface area contributed by atoms with Crippen LogP contribution in [0, 0.1) is 20.8 Å². The largest absolute Gasteiger partial charge is 0.288 e. The van der Waals surface area contributed by atoms with Crippen LogP contribution < -0.4 is 0 Å². The van der Waals surface area contributed by atoms with E-state index < -0.39 is 0 Å². The molecule has 0 spiro atoms. The zero-order valence-electron chi connectivity index (χ0n) is 11.1. The minimum atomic E-state index is 0.0175. The van der Waals surface area contributed by atoms with Crippen LogP contribution in [-0.2, 0) is 0 Å². The predicted octanol–water partition coefficient (Wildman–Crippen LogP) is 4.72. The molecule has 5 heteroatoms. The van der Waals surface area contributed by atoms with Gasteiger partial charge in [-0.3, -0.25) is 9.59 Å². The Morgan fingerprint density at radius 2 is 1.60 bits per heavy atom. The number of hydrogen-bond acceptors (Lipinski definition) is 5. The SMILES string of the molecule is Cc1cc2c(s1)C(=O)c1c(sc3c(C)sc(C)c13)C2=O. The van der Waals surface area contributed by atoms with Gasteiger partial charge in [-0.2, -0.15) is 0 Å². The fourth-order valence-electron chi connectivity index (χ4n) is 2.81. The Morgan fingerprint density at radius 3 is 2.35 bits per heavy atom. The van der Waals surface area contributed by atoms with Crippen molar-refractivity contribution >= 4 is 55.7 Å². The number of fused-ring (bicyclic) bond motifs is 4. The highest BCUT2D eigenvalue weighted by atomic mass is 32.1. The average molecular weight is 318 g/mol. The highest BCUT2D eigenvalue weighted by Crippen LogP contribution is 2.45. The molecule has 0 N–H and O–H groups in total. The van der Waals surface area contributed by atoms with Gasteiger partial charge in [0.1, 0.15) is 0 Å². The van der Waals surface area contributed by atoms with Crippen molar-refractivity contribution in [2.75, 3.05) is 0 Å². The Balaban J connectivity index is 2.14. The Hall–Kier alpha value is -1.30. The maximum atomic E-state index is 12.8. The first kappa shape index (κ1) is 12.4. The fraction of sp³-hybridized carbons (Fsp3) is 0.200. The van der Waals surface area contributed by atoms with E-state index in [4.69, 9.17) is 0 Å². The van der Waals surface area contributed by atoms with Gasteiger partial charge in [0, 0.05) is 30.3 Å². The lowest BCUT2D eigenvalue weighted by atomic mass is 9.93. The standard InChI is InChI=1S/C15H10O2S3/c1-5-4-8-11(16)15-10(12(17)14(8)18-5)9-6(2)19-7(3)13(9)20-15/h4H,1-3H3. The van der Waals surface area contributed by atoms with Gasteiger partial charge in [-0.25, -0.2) is 0 Å². The average Bonchev–Trinajstić information content (AvgIpc) is 3.02. The van der Waals surface area contributed by atoms with Crippen LogP contribution in [0.1, 0.15) is 45.1 Å². The normalized spacial score (nSPS) is 13.9. The molecule has 3 aromatic heterocycles. The van der Waals surface area contributed by atoms with Gasteiger partial charge < -0.3 is 0 Å². The minimum Gasteiger partial charge on any atom is -0.288 e. The molecule has 0 radical (unpaired) electrons. The second-order valence-corrected chi connectivity index (χ2v) is 8.69. The molecule has 0 fully saturated rings. The molecule has 0 saturated carbocycles. The molecular weight excluding hydrogens is 308 g/mol. The number of ketones is 2. The van der Waals surface area contributed by atoms with Crippen LogP contribution in [0.15, 0.2) is 6.07 Å². The van der Waals surface area contributed by atoms with Crippen LogP contribution in [0.2, 0.25) is 0 Å². The summed E-state index contributed by atoms with van der Waals surface area (Å²) in [5.41, 5.74) is 1.24. The molecule has 3 aromatic rings. The van der Waals surface area contributed by atoms with E-state index in [1.54, 1.807) is 11.3 Å². The summed E-state index contributed by atoms with van der Waals surface area (Å²) in [7, 11) is 0. The van der Waals surface area contributed by atoms with Gasteiger partial charge in [-0.05, 0) is 26.8 Å². The van der Waals surface area contributed by atoms with Crippen molar-refractivity contribution < 1.29 is 9.59 Å². The summed E-state index contributed by atoms with van der Waals surface area (Å²) in [6, 6.07) is 1.84. The van der Waals surface area contributed by atoms with Crippen molar-refractivity contribution in [1.29, 1.82) is 0 Å². The number of aryl methyl sites for hydroxylation is 3. The molecule has 0 amide bonds. The third-order valence-corrected chi connectivity index (χ3v) is 7.13. The molecule has 0 unspecified atom stereocenters. The molecule has 4 rings (SSSR count). The van der Waals surface area contributed by atoms with Crippen LogP contribution in [0.25, 0.3) is 10.1 Å². The van der Waals surface area contributed by atoms with E-state index in [0.717, 1.165) is 19.8 Å². The molecule has 20 heavy (non-hydrogen) atoms. The number of carbonyl (C=O) groups is 2. The number of hydrogen-bond donors (Lipinski definition) is 0. The summed E-state index contributed by atoms with van der Waals surface area (Å²) >= 11 is 4.61. The Kier molecular flexibility index (Phi) is 2.41. The topological polar surface area (TPSA) is 34.1 Å². The zero-order valence-corrected chi connectivity index (χ0v) is 13.6. The molecule has 3 heterocycles. The Bertz CT molecular complexity index is 921. The van der Waals surface area contributed by atoms with E-state index in [2.05, 4.69) is 6.92 Å². The summed E-state index contributed by atoms with van der Waals surface area (Å²) in [5, 5.41) is 1.00. The van der Waals surface area contributed by atoms with Crippen LogP contribution in [-0.4, -0.2) is 11.6 Å². The van der Waals surface area contributed by atoms with E-state index >= 15 is 0 Å². The van der Waals surface area contributed by atoms with Gasteiger partial charge in [0.05, 0.1) is 15.3 Å². The van der Waals surface area contributed by atoms with Gasteiger partial charge in [-0.15, -0.1) is 34.0 Å². The maximum absolute atomic E-state index is 12.8. The van der Waals surface area contributed by atoms with Gasteiger partial charge in [-0.1, -0.05) is 0 Å². The molecule has 100 valence electrons. The third-order valence-electron chi connectivity index (χ3n) is 3.63. The first-order valence-electron chi connectivity index (χ1n) is 6.21. The van der Waals surface area contributed by atoms with Crippen LogP contribution in [0.5, 0.6) is 0 Å². The van der Waals surface area contributed by atoms with Crippen LogP contribution in [0.3, 0.4) is 0 Å². The lowest BCUT2D eigenvalue weighted by Gasteiger charge is -2.09. The second kappa shape index (κ2) is 3.87. The molecule has 0 saturated heterocycles. The Morgan fingerprint density at radius 1 is 0.850 bits per heavy atom. The van der Waals surface area contributed by atoms with E-state index in [-0.39, 0.29) is 11.6 Å². The van der Waals surface area contributed by atoms with Crippen molar-refractivity contribution in [1.82, 2.24) is 0 Å². The summed E-state index contributed by atoms with van der Waals surface area (Å²) in [6.07, 6.45) is 0. The van der Waals surface area contributed by atoms with Crippen molar-refractivity contribution in [2.45, 2.75) is 20.8 Å². The first-order chi connectivity index (χ1) is 9.49. The summed E-state index contributed by atoms with van der Waals surface area (Å²) < 4.78 is 1.10. The predicted molar refractivity (Wildman–Crippen MR) is 85.1 cm³/mol. The number of thiophene rings is 3. The van der Waals surface area contributed by atoms with E-state index in [0.29, 0.717) is 20.9 Å². The molecule has 0 bridgehead atoms. The molecular formula is C15H10O2S3. The quantitative estimate of drug-likeness (QED) is 0.470. The summed E-state index contributed by atoms with van der Waals surface area (Å²) in [5.74, 6) is 0.0452. The summed E-state index contributed by atoms with van der Waals surface area (Å²) in [6.45, 7) is 6.02. The lowest BCUT2D eigenvalue weighted by Crippen LogP contribution is -2.16. The van der Waals surface area contributed by atoms with Crippen LogP contribution >= 0.6 is 34.0 Å². The van der Waals surface area contributed by atoms with Gasteiger partial charge >= 0.3 is 0 Å². The monoisotopic (exact) mass is 318 g/mol. The minimum absolute atomic E-state index is 0.0175. The van der Waals surface area contributed by atoms with Crippen LogP contribution in [0.4, 0.5) is 0 Å². The van der Waals surface area contributed by atoms with Crippen molar-refractivity contribution in [3.63, 3.8) is 0 Å². The van der Waals surface area contributed by atoms with Gasteiger partial charge in [0.25, 0.3) is 0 Å². The molecule has 1 aliphatic rings. The van der Waals surface area contributed by atoms with Crippen molar-refractivity contribution in [3.05, 3.63) is 41.6 Å². The Labute approximate surface area is 127 Å². The molecule has 0 aromatic carbocycles. The first-order valence-corrected chi connectivity index (χ1v) is 8.66. The number of rotatable bonds is 0. The van der Waals surface area contributed by atoms with Crippen molar-refractivity contribution in [3.8, 4) is 0 Å². The van der Waals surface area contributed by atoms with Gasteiger partial charge in [0.2, 0.25) is 11.6 Å². The molecule has 1 aliphatic carbocycles. The van der Waals surface area contributed by atoms with E-state index in [1.165, 1.54) is 27.6 Å². The smallest absolute Gasteiger partial charge is 0.205 e. The van der Waals surface area contributed by atoms with Gasteiger partial charge in [0.15, 0.2) is 0 Å². The highest BCUT2D eigenvalue weighted by molar-refractivity contribution is 7.26. The summed E-state index contributed by atoms with van der Waals surface area (Å²) in [4.78, 5) is 30.0. The van der Waals surface area contributed by atoms with E-state index in [9.17, 15) is 9.59 Å². The fourth-order valence-corrected chi connectivity index (χ4v) is 6.24. The molecule has 0 atom stereocenters. The molecule has 0 aliphatic heterocycles. The highest BCUT2D eigenvalue weighted by Gasteiger charge is 2.36. The van der Waals surface area contributed by atoms with Crippen molar-refractivity contribution in [2.24, 2.45) is 0 Å². The number of carbonyl (C=O) groups excluding carboxylic acids is 2. The van der Waals surface area contributed by atoms with E-state index in [1.807, 2.05) is 19.9 Å².